The second kappa shape index (κ2) is 6.49. The monoisotopic (exact) mass is 333 g/mol. The molecule has 130 valence electrons. The number of carbonyl (C=O) groups excluding carboxylic acids is 1. The van der Waals surface area contributed by atoms with Gasteiger partial charge in [-0.25, -0.2) is 0 Å². The van der Waals surface area contributed by atoms with Gasteiger partial charge in [-0.1, -0.05) is 6.07 Å². The molecular formula is C17H23N3O4. The van der Waals surface area contributed by atoms with Crippen LogP contribution in [0.15, 0.2) is 18.2 Å². The van der Waals surface area contributed by atoms with Crippen LogP contribution in [0, 0.1) is 28.4 Å². The summed E-state index contributed by atoms with van der Waals surface area (Å²) in [4.78, 5) is 25.5. The second-order valence-corrected chi connectivity index (χ2v) is 6.87. The fourth-order valence-electron chi connectivity index (χ4n) is 4.01. The van der Waals surface area contributed by atoms with E-state index in [1.165, 1.54) is 6.07 Å². The number of hydrogen-bond donors (Lipinski definition) is 1. The summed E-state index contributed by atoms with van der Waals surface area (Å²) in [6.07, 6.45) is 1.77. The molecule has 2 heterocycles. The molecule has 3 rings (SSSR count). The smallest absolute Gasteiger partial charge is 0.282 e. The Balaban J connectivity index is 1.89. The lowest BCUT2D eigenvalue weighted by Crippen LogP contribution is -2.40. The van der Waals surface area contributed by atoms with Crippen LogP contribution in [0.25, 0.3) is 0 Å². The van der Waals surface area contributed by atoms with Crippen molar-refractivity contribution in [1.29, 1.82) is 0 Å². The quantitative estimate of drug-likeness (QED) is 0.671. The van der Waals surface area contributed by atoms with Crippen molar-refractivity contribution in [3.05, 3.63) is 39.4 Å². The molecule has 1 atom stereocenters. The van der Waals surface area contributed by atoms with E-state index in [1.54, 1.807) is 17.0 Å². The predicted molar refractivity (Wildman–Crippen MR) is 88.8 cm³/mol. The largest absolute Gasteiger partial charge is 0.381 e. The van der Waals surface area contributed by atoms with Crippen molar-refractivity contribution in [3.63, 3.8) is 0 Å². The second-order valence-electron chi connectivity index (χ2n) is 6.87. The van der Waals surface area contributed by atoms with Gasteiger partial charge in [0, 0.05) is 32.4 Å². The molecule has 1 unspecified atom stereocenters. The molecule has 0 bridgehead atoms. The summed E-state index contributed by atoms with van der Waals surface area (Å²) in [6, 6.07) is 4.66. The first-order valence-electron chi connectivity index (χ1n) is 8.29. The van der Waals surface area contributed by atoms with Gasteiger partial charge >= 0.3 is 0 Å². The molecule has 24 heavy (non-hydrogen) atoms. The Morgan fingerprint density at radius 2 is 2.17 bits per heavy atom. The molecule has 0 radical (unpaired) electrons. The van der Waals surface area contributed by atoms with E-state index in [4.69, 9.17) is 10.5 Å². The lowest BCUT2D eigenvalue weighted by atomic mass is 9.72. The van der Waals surface area contributed by atoms with E-state index in [0.717, 1.165) is 18.4 Å². The van der Waals surface area contributed by atoms with E-state index in [0.29, 0.717) is 32.8 Å². The van der Waals surface area contributed by atoms with Crippen molar-refractivity contribution in [1.82, 2.24) is 4.90 Å². The Bertz CT molecular complexity index is 655. The van der Waals surface area contributed by atoms with Gasteiger partial charge in [0.1, 0.15) is 5.56 Å². The van der Waals surface area contributed by atoms with Crippen LogP contribution in [0.2, 0.25) is 0 Å². The molecule has 1 aromatic rings. The number of amides is 1. The molecule has 2 saturated heterocycles. The molecule has 7 nitrogen and oxygen atoms in total. The molecular weight excluding hydrogens is 310 g/mol. The van der Waals surface area contributed by atoms with Crippen LogP contribution in [0.5, 0.6) is 0 Å². The van der Waals surface area contributed by atoms with E-state index in [1.807, 2.05) is 6.92 Å². The molecule has 1 amide bonds. The third kappa shape index (κ3) is 2.89. The zero-order chi connectivity index (χ0) is 17.3. The lowest BCUT2D eigenvalue weighted by Gasteiger charge is -2.37. The highest BCUT2D eigenvalue weighted by atomic mass is 16.6. The summed E-state index contributed by atoms with van der Waals surface area (Å²) < 4.78 is 5.46. The molecule has 1 spiro atoms. The first-order chi connectivity index (χ1) is 11.5. The molecule has 2 aliphatic heterocycles. The van der Waals surface area contributed by atoms with E-state index in [9.17, 15) is 14.9 Å². The number of hydrogen-bond acceptors (Lipinski definition) is 5. The summed E-state index contributed by atoms with van der Waals surface area (Å²) in [6.45, 7) is 4.86. The number of nitrogens with two attached hydrogens (primary N) is 1. The zero-order valence-corrected chi connectivity index (χ0v) is 13.9. The van der Waals surface area contributed by atoms with Crippen molar-refractivity contribution in [2.75, 3.05) is 32.8 Å². The van der Waals surface area contributed by atoms with Gasteiger partial charge in [-0.3, -0.25) is 14.9 Å². The van der Waals surface area contributed by atoms with Crippen LogP contribution in [-0.4, -0.2) is 48.6 Å². The normalized spacial score (nSPS) is 22.8. The fraction of sp³-hybridized carbons (Fsp3) is 0.588. The number of aryl methyl sites for hydroxylation is 1. The van der Waals surface area contributed by atoms with E-state index < -0.39 is 4.92 Å². The maximum atomic E-state index is 13.0. The third-order valence-electron chi connectivity index (χ3n) is 5.45. The maximum absolute atomic E-state index is 13.0. The summed E-state index contributed by atoms with van der Waals surface area (Å²) in [5.74, 6) is -0.0542. The van der Waals surface area contributed by atoms with Crippen molar-refractivity contribution in [2.24, 2.45) is 17.1 Å². The number of carbonyl (C=O) groups is 1. The van der Waals surface area contributed by atoms with Crippen molar-refractivity contribution in [3.8, 4) is 0 Å². The molecule has 0 aliphatic carbocycles. The topological polar surface area (TPSA) is 98.7 Å². The average Bonchev–Trinajstić information content (AvgIpc) is 2.92. The molecule has 2 fully saturated rings. The summed E-state index contributed by atoms with van der Waals surface area (Å²) in [5, 5.41) is 11.3. The minimum absolute atomic E-state index is 0.0126. The van der Waals surface area contributed by atoms with Crippen LogP contribution in [0.3, 0.4) is 0 Å². The standard InChI is InChI=1S/C17H23N3O4/c1-12-2-3-15(20(22)23)14(8-12)16(21)19-10-13(9-18)17(11-19)4-6-24-7-5-17/h2-3,8,13H,4-7,9-11,18H2,1H3. The van der Waals surface area contributed by atoms with Gasteiger partial charge < -0.3 is 15.4 Å². The van der Waals surface area contributed by atoms with Crippen LogP contribution in [-0.2, 0) is 4.74 Å². The minimum Gasteiger partial charge on any atom is -0.381 e. The maximum Gasteiger partial charge on any atom is 0.282 e. The van der Waals surface area contributed by atoms with Crippen LogP contribution in [0.4, 0.5) is 5.69 Å². The first kappa shape index (κ1) is 16.9. The Morgan fingerprint density at radius 1 is 1.46 bits per heavy atom. The molecule has 2 N–H and O–H groups in total. The fourth-order valence-corrected chi connectivity index (χ4v) is 4.01. The van der Waals surface area contributed by atoms with Gasteiger partial charge in [0.2, 0.25) is 0 Å². The average molecular weight is 333 g/mol. The molecule has 7 heteroatoms. The van der Waals surface area contributed by atoms with E-state index >= 15 is 0 Å². The minimum atomic E-state index is -0.493. The molecule has 0 aromatic heterocycles. The number of ether oxygens (including phenoxy) is 1. The van der Waals surface area contributed by atoms with E-state index in [-0.39, 0.29) is 28.5 Å². The van der Waals surface area contributed by atoms with Gasteiger partial charge in [-0.15, -0.1) is 0 Å². The van der Waals surface area contributed by atoms with E-state index in [2.05, 4.69) is 0 Å². The summed E-state index contributed by atoms with van der Waals surface area (Å²) >= 11 is 0. The van der Waals surface area contributed by atoms with Gasteiger partial charge in [-0.2, -0.15) is 0 Å². The summed E-state index contributed by atoms with van der Waals surface area (Å²) in [5.41, 5.74) is 6.81. The first-order valence-corrected chi connectivity index (χ1v) is 8.29. The Labute approximate surface area is 140 Å². The van der Waals surface area contributed by atoms with Crippen molar-refractivity contribution in [2.45, 2.75) is 19.8 Å². The number of nitro benzene ring substituents is 1. The number of rotatable bonds is 3. The number of benzene rings is 1. The summed E-state index contributed by atoms with van der Waals surface area (Å²) in [7, 11) is 0. The van der Waals surface area contributed by atoms with Crippen LogP contribution >= 0.6 is 0 Å². The van der Waals surface area contributed by atoms with Gasteiger partial charge in [0.25, 0.3) is 11.6 Å². The Kier molecular flexibility index (Phi) is 4.56. The van der Waals surface area contributed by atoms with Crippen LogP contribution < -0.4 is 5.73 Å². The highest BCUT2D eigenvalue weighted by molar-refractivity contribution is 5.98. The lowest BCUT2D eigenvalue weighted by molar-refractivity contribution is -0.385. The van der Waals surface area contributed by atoms with Gasteiger partial charge in [-0.05, 0) is 49.3 Å². The third-order valence-corrected chi connectivity index (χ3v) is 5.45. The molecule has 2 aliphatic rings. The number of nitrogens with zero attached hydrogens (tertiary/aromatic N) is 2. The van der Waals surface area contributed by atoms with Gasteiger partial charge in [0.15, 0.2) is 0 Å². The van der Waals surface area contributed by atoms with Crippen molar-refractivity contribution >= 4 is 11.6 Å². The SMILES string of the molecule is Cc1ccc([N+](=O)[O-])c(C(=O)N2CC(CN)C3(CCOCC3)C2)c1. The molecule has 0 saturated carbocycles. The molecule has 1 aromatic carbocycles. The Morgan fingerprint density at radius 3 is 2.79 bits per heavy atom. The number of nitro groups is 1. The Hall–Kier alpha value is -1.99. The van der Waals surface area contributed by atoms with Gasteiger partial charge in [0.05, 0.1) is 4.92 Å². The van der Waals surface area contributed by atoms with Crippen molar-refractivity contribution < 1.29 is 14.5 Å². The highest BCUT2D eigenvalue weighted by Gasteiger charge is 2.48. The zero-order valence-electron chi connectivity index (χ0n) is 13.9. The highest BCUT2D eigenvalue weighted by Crippen LogP contribution is 2.44. The predicted octanol–water partition coefficient (Wildman–Crippen LogP) is 1.73. The number of likely N-dealkylation sites (tertiary alicyclic amines) is 1. The van der Waals surface area contributed by atoms with Crippen LogP contribution in [0.1, 0.15) is 28.8 Å².